The molecule has 0 aromatic rings. The number of hydrogen-bond donors (Lipinski definition) is 6. The molecule has 0 spiro atoms. The molecule has 8 nitrogen and oxygen atoms in total. The van der Waals surface area contributed by atoms with E-state index in [1.165, 1.54) is 0 Å². The molecule has 2 saturated carbocycles. The second kappa shape index (κ2) is 9.15. The lowest BCUT2D eigenvalue weighted by Crippen LogP contribution is -2.54. The van der Waals surface area contributed by atoms with Crippen molar-refractivity contribution in [2.75, 3.05) is 14.1 Å². The molecular formula is C16H34N2O6P2. The normalized spacial score (nSPS) is 33.6. The van der Waals surface area contributed by atoms with Gasteiger partial charge in [0.1, 0.15) is 0 Å². The first-order valence-electron chi connectivity index (χ1n) is 9.52. The monoisotopic (exact) mass is 412 g/mol. The Kier molecular flexibility index (Phi) is 7.92. The number of nitrogens with one attached hydrogen (secondary N) is 2. The van der Waals surface area contributed by atoms with Crippen LogP contribution in [0.2, 0.25) is 0 Å². The number of hydrogen-bond acceptors (Lipinski definition) is 4. The highest BCUT2D eigenvalue weighted by Crippen LogP contribution is 2.51. The Hall–Kier alpha value is 0.220. The highest BCUT2D eigenvalue weighted by atomic mass is 31.2. The first-order valence-corrected chi connectivity index (χ1v) is 12.9. The van der Waals surface area contributed by atoms with E-state index in [1.807, 2.05) is 14.1 Å². The van der Waals surface area contributed by atoms with Gasteiger partial charge in [-0.15, -0.1) is 0 Å². The number of likely N-dealkylation sites (N-methyl/N-ethyl adjacent to an activating group) is 2. The van der Waals surface area contributed by atoms with E-state index in [0.717, 1.165) is 25.7 Å². The maximum atomic E-state index is 11.5. The maximum absolute atomic E-state index is 11.5. The molecule has 2 aliphatic rings. The highest BCUT2D eigenvalue weighted by Gasteiger charge is 2.41. The van der Waals surface area contributed by atoms with Gasteiger partial charge in [-0.05, 0) is 77.3 Å². The van der Waals surface area contributed by atoms with Crippen molar-refractivity contribution in [1.29, 1.82) is 0 Å². The van der Waals surface area contributed by atoms with Crippen molar-refractivity contribution in [2.24, 2.45) is 11.8 Å². The lowest BCUT2D eigenvalue weighted by atomic mass is 9.74. The maximum Gasteiger partial charge on any atom is 0.328 e. The van der Waals surface area contributed by atoms with Crippen LogP contribution in [-0.4, -0.2) is 57.1 Å². The van der Waals surface area contributed by atoms with Gasteiger partial charge in [0.2, 0.25) is 0 Å². The standard InChI is InChI=1S/C16H34N2O6P2/c1-17-15(11-3-7-13(8-4-11)25(19,20)21)16(18-2)12-5-9-14(10-6-12)26(22,23)24/h11-18H,3-10H2,1-2H3,(H2,19,20,21)(H2,22,23,24). The van der Waals surface area contributed by atoms with Gasteiger partial charge < -0.3 is 30.2 Å². The summed E-state index contributed by atoms with van der Waals surface area (Å²) in [5, 5.41) is 6.81. The smallest absolute Gasteiger partial charge is 0.324 e. The molecule has 0 aliphatic heterocycles. The van der Waals surface area contributed by atoms with Crippen molar-refractivity contribution in [3.8, 4) is 0 Å². The van der Waals surface area contributed by atoms with Crippen LogP contribution < -0.4 is 10.6 Å². The average molecular weight is 412 g/mol. The second-order valence-electron chi connectivity index (χ2n) is 7.94. The lowest BCUT2D eigenvalue weighted by Gasteiger charge is -2.42. The van der Waals surface area contributed by atoms with Crippen LogP contribution in [0.3, 0.4) is 0 Å². The molecule has 2 fully saturated rings. The van der Waals surface area contributed by atoms with E-state index in [2.05, 4.69) is 10.6 Å². The summed E-state index contributed by atoms with van der Waals surface area (Å²) in [7, 11) is -4.15. The van der Waals surface area contributed by atoms with E-state index < -0.39 is 26.5 Å². The predicted octanol–water partition coefficient (Wildman–Crippen LogP) is 1.64. The third-order valence-electron chi connectivity index (χ3n) is 6.50. The summed E-state index contributed by atoms with van der Waals surface area (Å²) in [6.07, 6.45) is 5.36. The molecule has 0 aromatic carbocycles. The van der Waals surface area contributed by atoms with Crippen molar-refractivity contribution < 1.29 is 28.7 Å². The second-order valence-corrected chi connectivity index (χ2v) is 11.8. The molecule has 0 radical (unpaired) electrons. The lowest BCUT2D eigenvalue weighted by molar-refractivity contribution is 0.165. The summed E-state index contributed by atoms with van der Waals surface area (Å²) < 4.78 is 23.0. The van der Waals surface area contributed by atoms with E-state index in [9.17, 15) is 28.7 Å². The van der Waals surface area contributed by atoms with Crippen molar-refractivity contribution >= 4 is 15.2 Å². The van der Waals surface area contributed by atoms with Crippen LogP contribution in [0, 0.1) is 11.8 Å². The average Bonchev–Trinajstić information content (AvgIpc) is 2.58. The molecule has 2 atom stereocenters. The Labute approximate surface area is 155 Å². The van der Waals surface area contributed by atoms with Gasteiger partial charge in [0, 0.05) is 12.1 Å². The third-order valence-corrected chi connectivity index (χ3v) is 9.44. The Morgan fingerprint density at radius 2 is 0.923 bits per heavy atom. The Morgan fingerprint density at radius 3 is 1.12 bits per heavy atom. The van der Waals surface area contributed by atoms with E-state index in [1.54, 1.807) is 0 Å². The summed E-state index contributed by atoms with van der Waals surface area (Å²) in [4.78, 5) is 37.6. The van der Waals surface area contributed by atoms with Gasteiger partial charge in [-0.1, -0.05) is 0 Å². The van der Waals surface area contributed by atoms with Crippen LogP contribution in [0.4, 0.5) is 0 Å². The molecule has 154 valence electrons. The largest absolute Gasteiger partial charge is 0.328 e. The first-order chi connectivity index (χ1) is 12.1. The van der Waals surface area contributed by atoms with Crippen molar-refractivity contribution in [3.63, 3.8) is 0 Å². The zero-order valence-corrected chi connectivity index (χ0v) is 17.4. The molecule has 0 heterocycles. The molecule has 0 saturated heterocycles. The summed E-state index contributed by atoms with van der Waals surface area (Å²) >= 11 is 0. The van der Waals surface area contributed by atoms with Gasteiger partial charge in [-0.3, -0.25) is 9.13 Å². The minimum absolute atomic E-state index is 0.189. The van der Waals surface area contributed by atoms with Gasteiger partial charge in [0.15, 0.2) is 0 Å². The summed E-state index contributed by atoms with van der Waals surface area (Å²) in [6, 6.07) is 0.378. The summed E-state index contributed by atoms with van der Waals surface area (Å²) in [6.45, 7) is 0. The summed E-state index contributed by atoms with van der Waals surface area (Å²) in [5.74, 6) is 0.694. The minimum atomic E-state index is -4.00. The zero-order chi connectivity index (χ0) is 19.5. The molecule has 2 aliphatic carbocycles. The van der Waals surface area contributed by atoms with Gasteiger partial charge in [0.05, 0.1) is 11.3 Å². The van der Waals surface area contributed by atoms with Gasteiger partial charge in [-0.2, -0.15) is 0 Å². The van der Waals surface area contributed by atoms with E-state index in [-0.39, 0.29) is 12.1 Å². The quantitative estimate of drug-likeness (QED) is 0.347. The van der Waals surface area contributed by atoms with Crippen LogP contribution in [0.15, 0.2) is 0 Å². The predicted molar refractivity (Wildman–Crippen MR) is 101 cm³/mol. The summed E-state index contributed by atoms with van der Waals surface area (Å²) in [5.41, 5.74) is -1.02. The minimum Gasteiger partial charge on any atom is -0.324 e. The fourth-order valence-electron chi connectivity index (χ4n) is 5.01. The first kappa shape index (κ1) is 22.5. The van der Waals surface area contributed by atoms with Gasteiger partial charge in [-0.25, -0.2) is 0 Å². The molecule has 2 unspecified atom stereocenters. The van der Waals surface area contributed by atoms with Crippen molar-refractivity contribution in [2.45, 2.75) is 74.8 Å². The Morgan fingerprint density at radius 1 is 0.654 bits per heavy atom. The van der Waals surface area contributed by atoms with Crippen LogP contribution in [0.1, 0.15) is 51.4 Å². The Balaban J connectivity index is 1.97. The van der Waals surface area contributed by atoms with Gasteiger partial charge >= 0.3 is 15.2 Å². The van der Waals surface area contributed by atoms with Crippen LogP contribution in [0.5, 0.6) is 0 Å². The van der Waals surface area contributed by atoms with Crippen LogP contribution in [0.25, 0.3) is 0 Å². The van der Waals surface area contributed by atoms with Crippen LogP contribution >= 0.6 is 15.2 Å². The van der Waals surface area contributed by atoms with Crippen molar-refractivity contribution in [3.05, 3.63) is 0 Å². The van der Waals surface area contributed by atoms with E-state index >= 15 is 0 Å². The number of rotatable bonds is 7. The SMILES string of the molecule is CNC(C1CCC(P(=O)(O)O)CC1)C(NC)C1CCC(P(=O)(O)O)CC1. The fourth-order valence-corrected chi connectivity index (χ4v) is 6.95. The highest BCUT2D eigenvalue weighted by molar-refractivity contribution is 7.52. The zero-order valence-electron chi connectivity index (χ0n) is 15.6. The molecule has 0 bridgehead atoms. The molecule has 6 N–H and O–H groups in total. The van der Waals surface area contributed by atoms with Gasteiger partial charge in [0.25, 0.3) is 0 Å². The molecular weight excluding hydrogens is 378 g/mol. The molecule has 10 heteroatoms. The molecule has 0 aromatic heterocycles. The topological polar surface area (TPSA) is 139 Å². The molecule has 0 amide bonds. The Bertz CT molecular complexity index is 487. The van der Waals surface area contributed by atoms with E-state index in [4.69, 9.17) is 0 Å². The molecule has 2 rings (SSSR count). The fraction of sp³-hybridized carbons (Fsp3) is 1.00. The van der Waals surface area contributed by atoms with Crippen LogP contribution in [-0.2, 0) is 9.13 Å². The molecule has 26 heavy (non-hydrogen) atoms. The third kappa shape index (κ3) is 5.62. The van der Waals surface area contributed by atoms with E-state index in [0.29, 0.717) is 37.5 Å². The van der Waals surface area contributed by atoms with Crippen molar-refractivity contribution in [1.82, 2.24) is 10.6 Å².